The molecular formula is C10H10ClN3OS. The summed E-state index contributed by atoms with van der Waals surface area (Å²) in [5.41, 5.74) is 0. The molecule has 1 N–H and O–H groups in total. The highest BCUT2D eigenvalue weighted by atomic mass is 35.5. The maximum atomic E-state index is 5.83. The van der Waals surface area contributed by atoms with E-state index in [9.17, 15) is 0 Å². The molecule has 4 nitrogen and oxygen atoms in total. The van der Waals surface area contributed by atoms with Crippen LogP contribution in [0.15, 0.2) is 24.5 Å². The lowest BCUT2D eigenvalue weighted by Crippen LogP contribution is -2.00. The fourth-order valence-corrected chi connectivity index (χ4v) is 2.20. The topological polar surface area (TPSA) is 47.0 Å². The van der Waals surface area contributed by atoms with Gasteiger partial charge in [-0.25, -0.2) is 9.97 Å². The van der Waals surface area contributed by atoms with E-state index in [0.717, 1.165) is 15.0 Å². The third kappa shape index (κ3) is 2.84. The molecule has 0 radical (unpaired) electrons. The van der Waals surface area contributed by atoms with E-state index in [0.29, 0.717) is 12.4 Å². The minimum Gasteiger partial charge on any atom is -0.481 e. The lowest BCUT2D eigenvalue weighted by Gasteiger charge is -2.04. The molecule has 0 unspecified atom stereocenters. The molecule has 0 aliphatic heterocycles. The van der Waals surface area contributed by atoms with Crippen LogP contribution in [0.25, 0.3) is 0 Å². The number of ether oxygens (including phenoxy) is 1. The number of anilines is 1. The zero-order valence-electron chi connectivity index (χ0n) is 8.61. The van der Waals surface area contributed by atoms with Crippen molar-refractivity contribution in [2.75, 3.05) is 12.4 Å². The Morgan fingerprint density at radius 3 is 3.00 bits per heavy atom. The highest BCUT2D eigenvalue weighted by Gasteiger charge is 2.00. The van der Waals surface area contributed by atoms with E-state index in [1.807, 2.05) is 12.1 Å². The van der Waals surface area contributed by atoms with E-state index in [2.05, 4.69) is 15.3 Å². The third-order valence-corrected chi connectivity index (χ3v) is 3.15. The maximum Gasteiger partial charge on any atom is 0.218 e. The molecule has 0 aliphatic rings. The largest absolute Gasteiger partial charge is 0.481 e. The zero-order chi connectivity index (χ0) is 11.4. The van der Waals surface area contributed by atoms with Gasteiger partial charge in [-0.05, 0) is 12.1 Å². The van der Waals surface area contributed by atoms with Crippen LogP contribution in [0.1, 0.15) is 4.88 Å². The van der Waals surface area contributed by atoms with Crippen molar-refractivity contribution in [3.8, 4) is 5.88 Å². The van der Waals surface area contributed by atoms with Gasteiger partial charge in [0.1, 0.15) is 12.1 Å². The van der Waals surface area contributed by atoms with E-state index in [1.165, 1.54) is 6.33 Å². The highest BCUT2D eigenvalue weighted by Crippen LogP contribution is 2.22. The van der Waals surface area contributed by atoms with Gasteiger partial charge in [0.05, 0.1) is 18.0 Å². The minimum atomic E-state index is 0.543. The monoisotopic (exact) mass is 255 g/mol. The van der Waals surface area contributed by atoms with E-state index in [4.69, 9.17) is 16.3 Å². The molecule has 0 aliphatic carbocycles. The van der Waals surface area contributed by atoms with Crippen molar-refractivity contribution < 1.29 is 4.74 Å². The number of hydrogen-bond donors (Lipinski definition) is 1. The molecule has 2 aromatic rings. The summed E-state index contributed by atoms with van der Waals surface area (Å²) in [6, 6.07) is 5.61. The standard InChI is InChI=1S/C10H10ClN3OS/c1-15-10-4-9(13-6-14-10)12-5-7-2-3-8(11)16-7/h2-4,6H,5H2,1H3,(H,12,13,14). The van der Waals surface area contributed by atoms with Crippen LogP contribution in [0.4, 0.5) is 5.82 Å². The molecule has 16 heavy (non-hydrogen) atoms. The fraction of sp³-hybridized carbons (Fsp3) is 0.200. The van der Waals surface area contributed by atoms with Gasteiger partial charge in [-0.15, -0.1) is 11.3 Å². The van der Waals surface area contributed by atoms with E-state index in [1.54, 1.807) is 24.5 Å². The predicted molar refractivity (Wildman–Crippen MR) is 65.2 cm³/mol. The van der Waals surface area contributed by atoms with E-state index in [-0.39, 0.29) is 0 Å². The van der Waals surface area contributed by atoms with Crippen LogP contribution < -0.4 is 10.1 Å². The summed E-state index contributed by atoms with van der Waals surface area (Å²) < 4.78 is 5.79. The van der Waals surface area contributed by atoms with Crippen LogP contribution in [0.2, 0.25) is 4.34 Å². The van der Waals surface area contributed by atoms with Crippen LogP contribution in [-0.2, 0) is 6.54 Å². The first-order valence-corrected chi connectivity index (χ1v) is 5.81. The fourth-order valence-electron chi connectivity index (χ4n) is 1.17. The van der Waals surface area contributed by atoms with E-state index < -0.39 is 0 Å². The van der Waals surface area contributed by atoms with Crippen LogP contribution >= 0.6 is 22.9 Å². The molecule has 0 amide bonds. The lowest BCUT2D eigenvalue weighted by atomic mass is 10.4. The molecule has 0 atom stereocenters. The first kappa shape index (κ1) is 11.2. The molecule has 0 saturated heterocycles. The van der Waals surface area contributed by atoms with Gasteiger partial charge in [0.25, 0.3) is 0 Å². The van der Waals surface area contributed by atoms with E-state index >= 15 is 0 Å². The van der Waals surface area contributed by atoms with Crippen LogP contribution in [0.5, 0.6) is 5.88 Å². The third-order valence-electron chi connectivity index (χ3n) is 1.92. The van der Waals surface area contributed by atoms with Gasteiger partial charge in [-0.3, -0.25) is 0 Å². The zero-order valence-corrected chi connectivity index (χ0v) is 10.2. The summed E-state index contributed by atoms with van der Waals surface area (Å²) in [6.07, 6.45) is 1.46. The second kappa shape index (κ2) is 5.14. The molecule has 2 rings (SSSR count). The number of thiophene rings is 1. The van der Waals surface area contributed by atoms with Crippen molar-refractivity contribution in [3.05, 3.63) is 33.7 Å². The number of aromatic nitrogens is 2. The number of hydrogen-bond acceptors (Lipinski definition) is 5. The van der Waals surface area contributed by atoms with Gasteiger partial charge in [0, 0.05) is 10.9 Å². The Balaban J connectivity index is 1.99. The summed E-state index contributed by atoms with van der Waals surface area (Å²) in [5, 5.41) is 3.17. The van der Waals surface area contributed by atoms with Crippen molar-refractivity contribution >= 4 is 28.8 Å². The van der Waals surface area contributed by atoms with Gasteiger partial charge < -0.3 is 10.1 Å². The quantitative estimate of drug-likeness (QED) is 0.913. The smallest absolute Gasteiger partial charge is 0.218 e. The van der Waals surface area contributed by atoms with Crippen LogP contribution in [0, 0.1) is 0 Å². The Morgan fingerprint density at radius 2 is 2.31 bits per heavy atom. The highest BCUT2D eigenvalue weighted by molar-refractivity contribution is 7.16. The number of halogens is 1. The Morgan fingerprint density at radius 1 is 1.44 bits per heavy atom. The van der Waals surface area contributed by atoms with Gasteiger partial charge in [-0.2, -0.15) is 0 Å². The molecule has 0 bridgehead atoms. The summed E-state index contributed by atoms with van der Waals surface area (Å²) in [4.78, 5) is 9.16. The Kier molecular flexibility index (Phi) is 3.58. The first-order chi connectivity index (χ1) is 7.78. The summed E-state index contributed by atoms with van der Waals surface area (Å²) in [7, 11) is 1.57. The van der Waals surface area contributed by atoms with Crippen molar-refractivity contribution in [1.82, 2.24) is 9.97 Å². The van der Waals surface area contributed by atoms with Crippen molar-refractivity contribution in [2.24, 2.45) is 0 Å². The summed E-state index contributed by atoms with van der Waals surface area (Å²) in [5.74, 6) is 1.28. The molecule has 84 valence electrons. The average molecular weight is 256 g/mol. The van der Waals surface area contributed by atoms with Gasteiger partial charge in [0.15, 0.2) is 0 Å². The Hall–Kier alpha value is -1.33. The number of nitrogens with zero attached hydrogens (tertiary/aromatic N) is 2. The molecular weight excluding hydrogens is 246 g/mol. The Labute approximate surface area is 102 Å². The van der Waals surface area contributed by atoms with Gasteiger partial charge in [0.2, 0.25) is 5.88 Å². The molecule has 0 saturated carbocycles. The Bertz CT molecular complexity index is 475. The number of methoxy groups -OCH3 is 1. The normalized spacial score (nSPS) is 10.1. The average Bonchev–Trinajstić information content (AvgIpc) is 2.73. The van der Waals surface area contributed by atoms with Crippen LogP contribution in [-0.4, -0.2) is 17.1 Å². The SMILES string of the molecule is COc1cc(NCc2ccc(Cl)s2)ncn1. The van der Waals surface area contributed by atoms with Crippen LogP contribution in [0.3, 0.4) is 0 Å². The first-order valence-electron chi connectivity index (χ1n) is 4.62. The minimum absolute atomic E-state index is 0.543. The number of rotatable bonds is 4. The molecule has 2 heterocycles. The van der Waals surface area contributed by atoms with Crippen molar-refractivity contribution in [1.29, 1.82) is 0 Å². The lowest BCUT2D eigenvalue weighted by molar-refractivity contribution is 0.397. The van der Waals surface area contributed by atoms with Crippen molar-refractivity contribution in [3.63, 3.8) is 0 Å². The second-order valence-corrected chi connectivity index (χ2v) is 4.80. The van der Waals surface area contributed by atoms with Gasteiger partial charge in [-0.1, -0.05) is 11.6 Å². The number of nitrogens with one attached hydrogen (secondary N) is 1. The van der Waals surface area contributed by atoms with Gasteiger partial charge >= 0.3 is 0 Å². The molecule has 0 spiro atoms. The molecule has 0 aromatic carbocycles. The second-order valence-electron chi connectivity index (χ2n) is 3.00. The summed E-state index contributed by atoms with van der Waals surface area (Å²) in [6.45, 7) is 0.692. The molecule has 2 aromatic heterocycles. The maximum absolute atomic E-state index is 5.83. The predicted octanol–water partition coefficient (Wildman–Crippen LogP) is 2.81. The molecule has 0 fully saturated rings. The summed E-state index contributed by atoms with van der Waals surface area (Å²) >= 11 is 7.38. The van der Waals surface area contributed by atoms with Crippen molar-refractivity contribution in [2.45, 2.75) is 6.54 Å². The molecule has 6 heteroatoms.